The first-order chi connectivity index (χ1) is 8.49. The molecule has 0 aromatic carbocycles. The van der Waals surface area contributed by atoms with Gasteiger partial charge in [-0.15, -0.1) is 0 Å². The third kappa shape index (κ3) is 2.30. The molecule has 0 spiro atoms. The minimum absolute atomic E-state index is 0.211. The smallest absolute Gasteiger partial charge is 0.293 e. The summed E-state index contributed by atoms with van der Waals surface area (Å²) in [4.78, 5) is 34.6. The Hall–Kier alpha value is -2.02. The summed E-state index contributed by atoms with van der Waals surface area (Å²) in [6.07, 6.45) is 3.36. The van der Waals surface area contributed by atoms with Crippen molar-refractivity contribution in [2.75, 3.05) is 6.54 Å². The largest absolute Gasteiger partial charge is 0.548 e. The number of thioether (sulfide) groups is 1. The number of rotatable bonds is 3. The lowest BCUT2D eigenvalue weighted by molar-refractivity contribution is -0.305. The minimum Gasteiger partial charge on any atom is -0.548 e. The van der Waals surface area contributed by atoms with Crippen molar-refractivity contribution in [1.82, 2.24) is 9.47 Å². The molecular weight excluding hydrogens is 256 g/mol. The lowest BCUT2D eigenvalue weighted by atomic mass is 10.3. The summed E-state index contributed by atoms with van der Waals surface area (Å²) < 4.78 is 1.78. The molecule has 1 aliphatic heterocycles. The molecule has 0 unspecified atom stereocenters. The second-order valence-electron chi connectivity index (χ2n) is 3.68. The van der Waals surface area contributed by atoms with Crippen LogP contribution in [-0.4, -0.2) is 33.1 Å². The molecule has 1 aromatic heterocycles. The van der Waals surface area contributed by atoms with E-state index in [0.717, 1.165) is 17.5 Å². The van der Waals surface area contributed by atoms with Crippen LogP contribution in [0.3, 0.4) is 0 Å². The molecule has 2 heterocycles. The molecule has 1 saturated heterocycles. The molecule has 18 heavy (non-hydrogen) atoms. The van der Waals surface area contributed by atoms with Gasteiger partial charge in [0.05, 0.1) is 17.4 Å². The molecule has 0 aliphatic carbocycles. The van der Waals surface area contributed by atoms with Gasteiger partial charge in [-0.3, -0.25) is 14.5 Å². The normalized spacial score (nSPS) is 17.8. The Morgan fingerprint density at radius 1 is 1.50 bits per heavy atom. The molecule has 1 aromatic rings. The van der Waals surface area contributed by atoms with Crippen molar-refractivity contribution in [1.29, 1.82) is 0 Å². The number of nitrogens with zero attached hydrogens (tertiary/aromatic N) is 2. The van der Waals surface area contributed by atoms with Gasteiger partial charge >= 0.3 is 0 Å². The lowest BCUT2D eigenvalue weighted by Crippen LogP contribution is -2.40. The molecule has 0 atom stereocenters. The Morgan fingerprint density at radius 2 is 2.22 bits per heavy atom. The van der Waals surface area contributed by atoms with Crippen molar-refractivity contribution in [3.8, 4) is 0 Å². The van der Waals surface area contributed by atoms with Crippen molar-refractivity contribution in [3.05, 3.63) is 28.9 Å². The van der Waals surface area contributed by atoms with Crippen molar-refractivity contribution in [2.24, 2.45) is 7.05 Å². The van der Waals surface area contributed by atoms with Crippen LogP contribution in [0.5, 0.6) is 0 Å². The molecule has 94 valence electrons. The van der Waals surface area contributed by atoms with Gasteiger partial charge in [-0.1, -0.05) is 0 Å². The summed E-state index contributed by atoms with van der Waals surface area (Å²) in [5.74, 6) is -2.06. The zero-order valence-electron chi connectivity index (χ0n) is 9.45. The fraction of sp³-hybridized carbons (Fsp3) is 0.182. The van der Waals surface area contributed by atoms with Gasteiger partial charge in [0.25, 0.3) is 11.1 Å². The van der Waals surface area contributed by atoms with Gasteiger partial charge in [0, 0.05) is 18.9 Å². The molecule has 0 radical (unpaired) electrons. The zero-order chi connectivity index (χ0) is 13.3. The zero-order valence-corrected chi connectivity index (χ0v) is 10.3. The Bertz CT molecular complexity index is 561. The van der Waals surface area contributed by atoms with E-state index in [2.05, 4.69) is 0 Å². The number of aliphatic carboxylic acids is 1. The van der Waals surface area contributed by atoms with Gasteiger partial charge in [-0.25, -0.2) is 0 Å². The van der Waals surface area contributed by atoms with Gasteiger partial charge in [0.2, 0.25) is 0 Å². The summed E-state index contributed by atoms with van der Waals surface area (Å²) in [5, 5.41) is 9.84. The number of aryl methyl sites for hydroxylation is 1. The number of carboxylic acids is 1. The van der Waals surface area contributed by atoms with Crippen molar-refractivity contribution in [2.45, 2.75) is 0 Å². The van der Waals surface area contributed by atoms with E-state index in [1.54, 1.807) is 36.0 Å². The topological polar surface area (TPSA) is 82.4 Å². The maximum Gasteiger partial charge on any atom is 0.293 e. The second-order valence-corrected chi connectivity index (χ2v) is 4.68. The Labute approximate surface area is 107 Å². The van der Waals surface area contributed by atoms with Crippen molar-refractivity contribution >= 4 is 35.0 Å². The summed E-state index contributed by atoms with van der Waals surface area (Å²) in [6, 6.07) is 3.59. The molecule has 0 saturated carbocycles. The highest BCUT2D eigenvalue weighted by Gasteiger charge is 2.34. The van der Waals surface area contributed by atoms with Gasteiger partial charge in [-0.2, -0.15) is 0 Å². The van der Waals surface area contributed by atoms with Crippen LogP contribution in [-0.2, 0) is 16.6 Å². The van der Waals surface area contributed by atoms with Crippen LogP contribution >= 0.6 is 11.8 Å². The summed E-state index contributed by atoms with van der Waals surface area (Å²) in [5.41, 5.74) is 0.758. The van der Waals surface area contributed by atoms with E-state index >= 15 is 0 Å². The number of imide groups is 1. The van der Waals surface area contributed by atoms with E-state index in [4.69, 9.17) is 0 Å². The number of aromatic nitrogens is 1. The molecule has 1 fully saturated rings. The molecule has 0 bridgehead atoms. The average Bonchev–Trinajstić information content (AvgIpc) is 2.79. The molecule has 1 aliphatic rings. The van der Waals surface area contributed by atoms with E-state index in [1.165, 1.54) is 0 Å². The van der Waals surface area contributed by atoms with Crippen molar-refractivity contribution in [3.63, 3.8) is 0 Å². The van der Waals surface area contributed by atoms with Gasteiger partial charge in [-0.05, 0) is 30.0 Å². The van der Waals surface area contributed by atoms with Crippen LogP contribution in [0.25, 0.3) is 6.08 Å². The molecule has 7 heteroatoms. The maximum absolute atomic E-state index is 11.8. The fourth-order valence-corrected chi connectivity index (χ4v) is 2.35. The second kappa shape index (κ2) is 4.69. The molecule has 2 rings (SSSR count). The predicted octanol–water partition coefficient (Wildman–Crippen LogP) is -0.189. The Morgan fingerprint density at radius 3 is 2.78 bits per heavy atom. The Kier molecular flexibility index (Phi) is 3.24. The number of hydrogen-bond acceptors (Lipinski definition) is 5. The standard InChI is InChI=1S/C11H10N2O4S/c1-12-4-2-3-7(12)5-8-10(16)13(6-9(14)15)11(17)18-8/h2-5H,6H2,1H3,(H,14,15)/p-1/b8-5+. The van der Waals surface area contributed by atoms with Crippen LogP contribution < -0.4 is 5.11 Å². The highest BCUT2D eigenvalue weighted by molar-refractivity contribution is 8.18. The van der Waals surface area contributed by atoms with E-state index < -0.39 is 23.7 Å². The van der Waals surface area contributed by atoms with E-state index in [0.29, 0.717) is 4.90 Å². The highest BCUT2D eigenvalue weighted by atomic mass is 32.2. The molecule has 2 amide bonds. The Balaban J connectivity index is 2.25. The summed E-state index contributed by atoms with van der Waals surface area (Å²) in [6.45, 7) is -0.713. The van der Waals surface area contributed by atoms with E-state index in [1.807, 2.05) is 0 Å². The van der Waals surface area contributed by atoms with Gasteiger partial charge < -0.3 is 14.5 Å². The summed E-state index contributed by atoms with van der Waals surface area (Å²) in [7, 11) is 1.80. The van der Waals surface area contributed by atoms with Crippen LogP contribution in [0.1, 0.15) is 5.69 Å². The number of hydrogen-bond donors (Lipinski definition) is 0. The number of amides is 2. The maximum atomic E-state index is 11.8. The highest BCUT2D eigenvalue weighted by Crippen LogP contribution is 2.31. The minimum atomic E-state index is -1.46. The average molecular weight is 265 g/mol. The van der Waals surface area contributed by atoms with Crippen LogP contribution in [0.4, 0.5) is 4.79 Å². The fourth-order valence-electron chi connectivity index (χ4n) is 1.52. The number of carbonyl (C=O) groups is 3. The molecular formula is C11H9N2O4S-. The third-order valence-corrected chi connectivity index (χ3v) is 3.33. The molecule has 6 nitrogen and oxygen atoms in total. The summed E-state index contributed by atoms with van der Waals surface area (Å²) >= 11 is 0.725. The third-order valence-electron chi connectivity index (χ3n) is 2.42. The van der Waals surface area contributed by atoms with Crippen LogP contribution in [0, 0.1) is 0 Å². The van der Waals surface area contributed by atoms with Gasteiger partial charge in [0.15, 0.2) is 0 Å². The lowest BCUT2D eigenvalue weighted by Gasteiger charge is -2.12. The van der Waals surface area contributed by atoms with E-state index in [-0.39, 0.29) is 4.91 Å². The predicted molar refractivity (Wildman–Crippen MR) is 63.1 cm³/mol. The van der Waals surface area contributed by atoms with Crippen molar-refractivity contribution < 1.29 is 19.5 Å². The molecule has 0 N–H and O–H groups in total. The first-order valence-electron chi connectivity index (χ1n) is 5.05. The van der Waals surface area contributed by atoms with E-state index in [9.17, 15) is 19.5 Å². The number of carbonyl (C=O) groups excluding carboxylic acids is 3. The quantitative estimate of drug-likeness (QED) is 0.707. The van der Waals surface area contributed by atoms with Crippen LogP contribution in [0.15, 0.2) is 23.2 Å². The van der Waals surface area contributed by atoms with Gasteiger partial charge in [0.1, 0.15) is 0 Å². The monoisotopic (exact) mass is 265 g/mol. The first-order valence-corrected chi connectivity index (χ1v) is 5.87. The first kappa shape index (κ1) is 12.4. The van der Waals surface area contributed by atoms with Crippen LogP contribution in [0.2, 0.25) is 0 Å². The SMILES string of the molecule is Cn1cccc1/C=C1/SC(=O)N(CC(=O)[O-])C1=O. The number of carboxylic acid groups (broad SMARTS) is 1.